The number of methoxy groups -OCH3 is 2. The lowest BCUT2D eigenvalue weighted by atomic mass is 10.1. The fourth-order valence-corrected chi connectivity index (χ4v) is 2.57. The van der Waals surface area contributed by atoms with Crippen LogP contribution < -0.4 is 14.9 Å². The maximum atomic E-state index is 12.3. The predicted molar refractivity (Wildman–Crippen MR) is 104 cm³/mol. The predicted octanol–water partition coefficient (Wildman–Crippen LogP) is 3.51. The van der Waals surface area contributed by atoms with Crippen molar-refractivity contribution in [3.63, 3.8) is 0 Å². The molecule has 1 amide bonds. The second-order valence-electron chi connectivity index (χ2n) is 5.48. The number of hydrazone groups is 1. The Morgan fingerprint density at radius 1 is 1.15 bits per heavy atom. The molecular weight excluding hydrogens is 368 g/mol. The quantitative estimate of drug-likeness (QED) is 0.502. The first-order valence-corrected chi connectivity index (χ1v) is 8.35. The summed E-state index contributed by atoms with van der Waals surface area (Å²) in [6, 6.07) is 12.2. The van der Waals surface area contributed by atoms with Gasteiger partial charge >= 0.3 is 0 Å². The first-order valence-electron chi connectivity index (χ1n) is 7.97. The lowest BCUT2D eigenvalue weighted by Crippen LogP contribution is -2.17. The molecule has 0 unspecified atom stereocenters. The van der Waals surface area contributed by atoms with Gasteiger partial charge in [-0.2, -0.15) is 10.2 Å². The molecule has 0 saturated heterocycles. The number of amides is 1. The molecule has 3 rings (SSSR count). The van der Waals surface area contributed by atoms with Crippen molar-refractivity contribution < 1.29 is 14.3 Å². The van der Waals surface area contributed by atoms with Gasteiger partial charge in [-0.1, -0.05) is 23.7 Å². The zero-order chi connectivity index (χ0) is 19.2. The molecule has 2 N–H and O–H groups in total. The Balaban J connectivity index is 1.72. The van der Waals surface area contributed by atoms with E-state index in [1.165, 1.54) is 20.4 Å². The highest BCUT2D eigenvalue weighted by atomic mass is 35.5. The lowest BCUT2D eigenvalue weighted by molar-refractivity contribution is 0.0954. The molecule has 0 aliphatic rings. The highest BCUT2D eigenvalue weighted by Crippen LogP contribution is 2.27. The van der Waals surface area contributed by atoms with Gasteiger partial charge in [-0.25, -0.2) is 5.43 Å². The number of hydrogen-bond donors (Lipinski definition) is 2. The van der Waals surface area contributed by atoms with Crippen molar-refractivity contribution in [3.8, 4) is 22.8 Å². The summed E-state index contributed by atoms with van der Waals surface area (Å²) in [5.74, 6) is 0.640. The Morgan fingerprint density at radius 3 is 2.59 bits per heavy atom. The van der Waals surface area contributed by atoms with Gasteiger partial charge in [0.05, 0.1) is 32.3 Å². The van der Waals surface area contributed by atoms with Crippen molar-refractivity contribution in [2.75, 3.05) is 14.2 Å². The number of H-pyrrole nitrogens is 1. The fourth-order valence-electron chi connectivity index (χ4n) is 2.44. The van der Waals surface area contributed by atoms with Gasteiger partial charge in [0.1, 0.15) is 0 Å². The van der Waals surface area contributed by atoms with Crippen molar-refractivity contribution in [2.45, 2.75) is 0 Å². The molecular formula is C19H17ClN4O3. The molecule has 0 fully saturated rings. The summed E-state index contributed by atoms with van der Waals surface area (Å²) in [4.78, 5) is 12.3. The first kappa shape index (κ1) is 18.5. The maximum Gasteiger partial charge on any atom is 0.271 e. The van der Waals surface area contributed by atoms with Crippen LogP contribution in [0, 0.1) is 0 Å². The van der Waals surface area contributed by atoms with E-state index in [0.717, 1.165) is 16.8 Å². The second-order valence-corrected chi connectivity index (χ2v) is 5.91. The van der Waals surface area contributed by atoms with E-state index in [-0.39, 0.29) is 5.91 Å². The minimum Gasteiger partial charge on any atom is -0.493 e. The summed E-state index contributed by atoms with van der Waals surface area (Å²) >= 11 is 5.91. The number of benzene rings is 2. The van der Waals surface area contributed by atoms with Gasteiger partial charge in [0.25, 0.3) is 5.91 Å². The van der Waals surface area contributed by atoms with E-state index in [1.54, 1.807) is 36.5 Å². The van der Waals surface area contributed by atoms with E-state index < -0.39 is 0 Å². The largest absolute Gasteiger partial charge is 0.493 e. The van der Waals surface area contributed by atoms with Gasteiger partial charge in [-0.05, 0) is 30.3 Å². The molecule has 1 aromatic heterocycles. The van der Waals surface area contributed by atoms with Crippen molar-refractivity contribution >= 4 is 23.7 Å². The molecule has 3 aromatic rings. The number of aromatic amines is 1. The summed E-state index contributed by atoms with van der Waals surface area (Å²) in [6.07, 6.45) is 3.14. The van der Waals surface area contributed by atoms with Crippen LogP contribution in [-0.4, -0.2) is 36.5 Å². The minimum atomic E-state index is -0.372. The van der Waals surface area contributed by atoms with Crippen molar-refractivity contribution in [1.82, 2.24) is 15.6 Å². The van der Waals surface area contributed by atoms with Crippen LogP contribution in [-0.2, 0) is 0 Å². The number of rotatable bonds is 6. The number of carbonyl (C=O) groups is 1. The molecule has 0 aliphatic carbocycles. The summed E-state index contributed by atoms with van der Waals surface area (Å²) in [6.45, 7) is 0. The number of ether oxygens (including phenoxy) is 2. The molecule has 27 heavy (non-hydrogen) atoms. The standard InChI is InChI=1S/C19H17ClN4O3/c1-26-16-8-5-13(9-17(16)27-2)19(25)24-22-11-14-10-21-23-18(14)12-3-6-15(20)7-4-12/h3-11H,1-2H3,(H,21,23)(H,24,25). The summed E-state index contributed by atoms with van der Waals surface area (Å²) in [5.41, 5.74) is 5.29. The zero-order valence-corrected chi connectivity index (χ0v) is 15.4. The van der Waals surface area contributed by atoms with Crippen LogP contribution >= 0.6 is 11.6 Å². The highest BCUT2D eigenvalue weighted by Gasteiger charge is 2.10. The van der Waals surface area contributed by atoms with Crippen molar-refractivity contribution in [1.29, 1.82) is 0 Å². The average Bonchev–Trinajstić information content (AvgIpc) is 3.16. The van der Waals surface area contributed by atoms with E-state index in [0.29, 0.717) is 22.1 Å². The van der Waals surface area contributed by atoms with Gasteiger partial charge in [0, 0.05) is 21.7 Å². The van der Waals surface area contributed by atoms with Crippen LogP contribution in [0.2, 0.25) is 5.02 Å². The molecule has 0 saturated carbocycles. The lowest BCUT2D eigenvalue weighted by Gasteiger charge is -2.08. The number of halogens is 1. The van der Waals surface area contributed by atoms with E-state index in [1.807, 2.05) is 12.1 Å². The summed E-state index contributed by atoms with van der Waals surface area (Å²) < 4.78 is 10.4. The molecule has 2 aromatic carbocycles. The Bertz CT molecular complexity index is 967. The minimum absolute atomic E-state index is 0.372. The normalized spacial score (nSPS) is 10.8. The smallest absolute Gasteiger partial charge is 0.271 e. The van der Waals surface area contributed by atoms with E-state index >= 15 is 0 Å². The van der Waals surface area contributed by atoms with Crippen LogP contribution in [0.15, 0.2) is 53.8 Å². The second kappa shape index (κ2) is 8.37. The number of nitrogens with one attached hydrogen (secondary N) is 2. The number of carbonyl (C=O) groups excluding carboxylic acids is 1. The Hall–Kier alpha value is -3.32. The molecule has 0 atom stereocenters. The van der Waals surface area contributed by atoms with Gasteiger partial charge in [-0.3, -0.25) is 9.89 Å². The van der Waals surface area contributed by atoms with Gasteiger partial charge in [0.15, 0.2) is 11.5 Å². The molecule has 0 radical (unpaired) electrons. The SMILES string of the molecule is COc1ccc(C(=O)NN=Cc2cn[nH]c2-c2ccc(Cl)cc2)cc1OC. The third-order valence-corrected chi connectivity index (χ3v) is 4.07. The van der Waals surface area contributed by atoms with Crippen LogP contribution in [0.4, 0.5) is 0 Å². The third-order valence-electron chi connectivity index (χ3n) is 3.82. The Morgan fingerprint density at radius 2 is 1.89 bits per heavy atom. The zero-order valence-electron chi connectivity index (χ0n) is 14.7. The van der Waals surface area contributed by atoms with Gasteiger partial charge in [0.2, 0.25) is 0 Å². The molecule has 0 bridgehead atoms. The number of hydrogen-bond acceptors (Lipinski definition) is 5. The first-order chi connectivity index (χ1) is 13.1. The number of nitrogens with zero attached hydrogens (tertiary/aromatic N) is 2. The summed E-state index contributed by atoms with van der Waals surface area (Å²) in [5, 5.41) is 11.6. The molecule has 0 aliphatic heterocycles. The molecule has 8 heteroatoms. The third kappa shape index (κ3) is 4.27. The summed E-state index contributed by atoms with van der Waals surface area (Å²) in [7, 11) is 3.04. The van der Waals surface area contributed by atoms with Crippen molar-refractivity contribution in [2.24, 2.45) is 5.10 Å². The Kier molecular flexibility index (Phi) is 5.73. The van der Waals surface area contributed by atoms with E-state index in [9.17, 15) is 4.79 Å². The molecule has 1 heterocycles. The van der Waals surface area contributed by atoms with E-state index in [4.69, 9.17) is 21.1 Å². The van der Waals surface area contributed by atoms with Crippen molar-refractivity contribution in [3.05, 3.63) is 64.8 Å². The topological polar surface area (TPSA) is 88.6 Å². The van der Waals surface area contributed by atoms with Crippen LogP contribution in [0.25, 0.3) is 11.3 Å². The number of aromatic nitrogens is 2. The van der Waals surface area contributed by atoms with Gasteiger partial charge < -0.3 is 9.47 Å². The van der Waals surface area contributed by atoms with Crippen LogP contribution in [0.1, 0.15) is 15.9 Å². The van der Waals surface area contributed by atoms with Crippen LogP contribution in [0.5, 0.6) is 11.5 Å². The fraction of sp³-hybridized carbons (Fsp3) is 0.105. The molecule has 0 spiro atoms. The van der Waals surface area contributed by atoms with E-state index in [2.05, 4.69) is 20.7 Å². The Labute approximate surface area is 161 Å². The van der Waals surface area contributed by atoms with Crippen LogP contribution in [0.3, 0.4) is 0 Å². The maximum absolute atomic E-state index is 12.3. The monoisotopic (exact) mass is 384 g/mol. The average molecular weight is 385 g/mol. The molecule has 7 nitrogen and oxygen atoms in total. The van der Waals surface area contributed by atoms with Gasteiger partial charge in [-0.15, -0.1) is 0 Å². The molecule has 138 valence electrons. The highest BCUT2D eigenvalue weighted by molar-refractivity contribution is 6.30.